The van der Waals surface area contributed by atoms with Crippen LogP contribution in [0, 0.1) is 0 Å². The van der Waals surface area contributed by atoms with Crippen LogP contribution in [0.1, 0.15) is 15.9 Å². The summed E-state index contributed by atoms with van der Waals surface area (Å²) < 4.78 is 0. The molecule has 0 heterocycles. The Labute approximate surface area is 127 Å². The van der Waals surface area contributed by atoms with Crippen molar-refractivity contribution in [2.75, 3.05) is 5.32 Å². The van der Waals surface area contributed by atoms with Gasteiger partial charge in [0.2, 0.25) is 5.91 Å². The van der Waals surface area contributed by atoms with Gasteiger partial charge in [-0.25, -0.2) is 0 Å². The Balaban J connectivity index is 2.08. The van der Waals surface area contributed by atoms with Gasteiger partial charge in [0.05, 0.1) is 11.3 Å². The van der Waals surface area contributed by atoms with Gasteiger partial charge in [0.1, 0.15) is 0 Å². The fourth-order valence-electron chi connectivity index (χ4n) is 1.73. The van der Waals surface area contributed by atoms with E-state index in [1.807, 2.05) is 0 Å². The molecule has 2 rings (SSSR count). The van der Waals surface area contributed by atoms with Gasteiger partial charge in [-0.05, 0) is 35.9 Å². The summed E-state index contributed by atoms with van der Waals surface area (Å²) in [7, 11) is 0. The van der Waals surface area contributed by atoms with Gasteiger partial charge in [0.25, 0.3) is 5.91 Å². The monoisotopic (exact) mass is 300 g/mol. The van der Waals surface area contributed by atoms with Gasteiger partial charge in [-0.2, -0.15) is 0 Å². The molecule has 0 aliphatic rings. The Bertz CT molecular complexity index is 694. The number of para-hydroxylation sites is 1. The minimum atomic E-state index is -0.590. The number of hydrogen-bond acceptors (Lipinski definition) is 2. The van der Waals surface area contributed by atoms with Crippen LogP contribution in [-0.4, -0.2) is 11.8 Å². The maximum absolute atomic E-state index is 11.9. The molecule has 0 saturated carbocycles. The van der Waals surface area contributed by atoms with Gasteiger partial charge < -0.3 is 11.1 Å². The number of nitrogens with two attached hydrogens (primary N) is 1. The molecule has 0 aliphatic heterocycles. The molecule has 0 aromatic heterocycles. The molecule has 4 nitrogen and oxygen atoms in total. The van der Waals surface area contributed by atoms with Crippen LogP contribution in [0.4, 0.5) is 5.69 Å². The number of rotatable bonds is 4. The lowest BCUT2D eigenvalue weighted by molar-refractivity contribution is -0.111. The second kappa shape index (κ2) is 6.72. The number of carbonyl (C=O) groups is 2. The molecule has 3 N–H and O–H groups in total. The Morgan fingerprint density at radius 3 is 2.38 bits per heavy atom. The van der Waals surface area contributed by atoms with Crippen molar-refractivity contribution >= 4 is 35.2 Å². The minimum Gasteiger partial charge on any atom is -0.366 e. The van der Waals surface area contributed by atoms with Crippen molar-refractivity contribution < 1.29 is 9.59 Å². The number of carbonyl (C=O) groups excluding carboxylic acids is 2. The number of halogens is 1. The highest BCUT2D eigenvalue weighted by Gasteiger charge is 2.08. The number of primary amides is 1. The van der Waals surface area contributed by atoms with E-state index in [2.05, 4.69) is 5.32 Å². The minimum absolute atomic E-state index is 0.269. The first-order valence-corrected chi connectivity index (χ1v) is 6.57. The summed E-state index contributed by atoms with van der Waals surface area (Å²) >= 11 is 5.78. The third-order valence-corrected chi connectivity index (χ3v) is 3.00. The highest BCUT2D eigenvalue weighted by atomic mass is 35.5. The zero-order valence-corrected chi connectivity index (χ0v) is 11.8. The molecule has 2 aromatic carbocycles. The average Bonchev–Trinajstić information content (AvgIpc) is 2.47. The standard InChI is InChI=1S/C16H13ClN2O2/c17-12-8-5-11(6-9-12)7-10-15(20)19-14-4-2-1-3-13(14)16(18)21/h1-10H,(H2,18,21)(H,19,20)/b10-7+. The molecule has 2 amide bonds. The lowest BCUT2D eigenvalue weighted by atomic mass is 10.1. The predicted molar refractivity (Wildman–Crippen MR) is 84.1 cm³/mol. The van der Waals surface area contributed by atoms with Gasteiger partial charge in [-0.1, -0.05) is 35.9 Å². The van der Waals surface area contributed by atoms with E-state index in [4.69, 9.17) is 17.3 Å². The van der Waals surface area contributed by atoms with Crippen LogP contribution in [0.3, 0.4) is 0 Å². The van der Waals surface area contributed by atoms with Gasteiger partial charge >= 0.3 is 0 Å². The van der Waals surface area contributed by atoms with E-state index in [1.54, 1.807) is 54.6 Å². The number of anilines is 1. The molecule has 0 aliphatic carbocycles. The smallest absolute Gasteiger partial charge is 0.250 e. The highest BCUT2D eigenvalue weighted by Crippen LogP contribution is 2.15. The van der Waals surface area contributed by atoms with Gasteiger partial charge in [0.15, 0.2) is 0 Å². The summed E-state index contributed by atoms with van der Waals surface area (Å²) in [6, 6.07) is 13.6. The molecule has 0 fully saturated rings. The van der Waals surface area contributed by atoms with E-state index in [0.717, 1.165) is 5.56 Å². The topological polar surface area (TPSA) is 72.2 Å². The molecule has 5 heteroatoms. The summed E-state index contributed by atoms with van der Waals surface area (Å²) in [5.74, 6) is -0.939. The molecule has 106 valence electrons. The maximum atomic E-state index is 11.9. The van der Waals surface area contributed by atoms with Crippen LogP contribution < -0.4 is 11.1 Å². The van der Waals surface area contributed by atoms with E-state index in [-0.39, 0.29) is 11.5 Å². The van der Waals surface area contributed by atoms with Gasteiger partial charge in [-0.3, -0.25) is 9.59 Å². The summed E-state index contributed by atoms with van der Waals surface area (Å²) in [5.41, 5.74) is 6.75. The van der Waals surface area contributed by atoms with Crippen molar-refractivity contribution in [2.45, 2.75) is 0 Å². The van der Waals surface area contributed by atoms with Crippen LogP contribution in [0.25, 0.3) is 6.08 Å². The number of hydrogen-bond donors (Lipinski definition) is 2. The first-order chi connectivity index (χ1) is 10.1. The van der Waals surface area contributed by atoms with Gasteiger partial charge in [0, 0.05) is 11.1 Å². The van der Waals surface area contributed by atoms with Crippen molar-refractivity contribution in [3.05, 3.63) is 70.8 Å². The second-order valence-corrected chi connectivity index (χ2v) is 4.72. The predicted octanol–water partition coefficient (Wildman–Crippen LogP) is 3.09. The molecule has 0 bridgehead atoms. The largest absolute Gasteiger partial charge is 0.366 e. The quantitative estimate of drug-likeness (QED) is 0.852. The Morgan fingerprint density at radius 1 is 1.05 bits per heavy atom. The lowest BCUT2D eigenvalue weighted by Gasteiger charge is -2.06. The Morgan fingerprint density at radius 2 is 1.71 bits per heavy atom. The van der Waals surface area contributed by atoms with Crippen molar-refractivity contribution in [2.24, 2.45) is 5.73 Å². The average molecular weight is 301 g/mol. The van der Waals surface area contributed by atoms with Crippen molar-refractivity contribution in [3.8, 4) is 0 Å². The summed E-state index contributed by atoms with van der Waals surface area (Å²) in [4.78, 5) is 23.1. The first-order valence-electron chi connectivity index (χ1n) is 6.20. The number of benzene rings is 2. The van der Waals surface area contributed by atoms with Crippen LogP contribution in [0.2, 0.25) is 5.02 Å². The highest BCUT2D eigenvalue weighted by molar-refractivity contribution is 6.30. The van der Waals surface area contributed by atoms with Crippen molar-refractivity contribution in [1.82, 2.24) is 0 Å². The number of amides is 2. The van der Waals surface area contributed by atoms with E-state index in [0.29, 0.717) is 10.7 Å². The SMILES string of the molecule is NC(=O)c1ccccc1NC(=O)/C=C/c1ccc(Cl)cc1. The molecule has 0 unspecified atom stereocenters. The molecule has 0 saturated heterocycles. The van der Waals surface area contributed by atoms with E-state index in [9.17, 15) is 9.59 Å². The fraction of sp³-hybridized carbons (Fsp3) is 0. The molecule has 21 heavy (non-hydrogen) atoms. The molecule has 0 spiro atoms. The van der Waals surface area contributed by atoms with Crippen LogP contribution >= 0.6 is 11.6 Å². The van der Waals surface area contributed by atoms with Crippen molar-refractivity contribution in [1.29, 1.82) is 0 Å². The fourth-order valence-corrected chi connectivity index (χ4v) is 1.85. The first kappa shape index (κ1) is 14.8. The third-order valence-electron chi connectivity index (χ3n) is 2.75. The van der Waals surface area contributed by atoms with Crippen molar-refractivity contribution in [3.63, 3.8) is 0 Å². The van der Waals surface area contributed by atoms with Gasteiger partial charge in [-0.15, -0.1) is 0 Å². The second-order valence-electron chi connectivity index (χ2n) is 4.28. The maximum Gasteiger partial charge on any atom is 0.250 e. The number of nitrogens with one attached hydrogen (secondary N) is 1. The molecule has 0 atom stereocenters. The molecular formula is C16H13ClN2O2. The van der Waals surface area contributed by atoms with E-state index in [1.165, 1.54) is 6.08 Å². The zero-order valence-electron chi connectivity index (χ0n) is 11.0. The van der Waals surface area contributed by atoms with Crippen LogP contribution in [-0.2, 0) is 4.79 Å². The third kappa shape index (κ3) is 4.19. The van der Waals surface area contributed by atoms with E-state index >= 15 is 0 Å². The molecule has 0 radical (unpaired) electrons. The summed E-state index contributed by atoms with van der Waals surface area (Å²) in [5, 5.41) is 3.25. The Kier molecular flexibility index (Phi) is 4.74. The summed E-state index contributed by atoms with van der Waals surface area (Å²) in [6.45, 7) is 0. The Hall–Kier alpha value is -2.59. The molecular weight excluding hydrogens is 288 g/mol. The molecule has 2 aromatic rings. The zero-order chi connectivity index (χ0) is 15.2. The van der Waals surface area contributed by atoms with Crippen LogP contribution in [0.15, 0.2) is 54.6 Å². The lowest BCUT2D eigenvalue weighted by Crippen LogP contribution is -2.16. The normalized spacial score (nSPS) is 10.5. The van der Waals surface area contributed by atoms with Crippen LogP contribution in [0.5, 0.6) is 0 Å². The van der Waals surface area contributed by atoms with E-state index < -0.39 is 5.91 Å². The summed E-state index contributed by atoms with van der Waals surface area (Å²) in [6.07, 6.45) is 3.03.